The molecule has 0 aliphatic carbocycles. The molecule has 3 rings (SSSR count). The van der Waals surface area contributed by atoms with Crippen LogP contribution in [0.2, 0.25) is 0 Å². The van der Waals surface area contributed by atoms with Crippen LogP contribution in [0.25, 0.3) is 4.96 Å². The van der Waals surface area contributed by atoms with Crippen LogP contribution in [0.1, 0.15) is 47.6 Å². The molecule has 0 aliphatic heterocycles. The highest BCUT2D eigenvalue weighted by atomic mass is 32.1. The van der Waals surface area contributed by atoms with E-state index in [1.54, 1.807) is 11.3 Å². The van der Waals surface area contributed by atoms with Gasteiger partial charge in [0.1, 0.15) is 10.8 Å². The Morgan fingerprint density at radius 2 is 2.05 bits per heavy atom. The zero-order chi connectivity index (χ0) is 13.6. The number of fused-ring (bicyclic) bond motifs is 1. The second-order valence-corrected chi connectivity index (χ2v) is 5.87. The van der Waals surface area contributed by atoms with Gasteiger partial charge in [0.25, 0.3) is 0 Å². The lowest BCUT2D eigenvalue weighted by molar-refractivity contribution is 0.392. The third-order valence-electron chi connectivity index (χ3n) is 3.08. The van der Waals surface area contributed by atoms with Crippen LogP contribution in [0, 0.1) is 13.8 Å². The van der Waals surface area contributed by atoms with Crippen LogP contribution in [0.3, 0.4) is 0 Å². The maximum Gasteiger partial charge on any atom is 0.234 e. The summed E-state index contributed by atoms with van der Waals surface area (Å²) in [4.78, 5) is 0.838. The van der Waals surface area contributed by atoms with Crippen molar-refractivity contribution in [3.05, 3.63) is 27.8 Å². The van der Waals surface area contributed by atoms with Gasteiger partial charge in [0.2, 0.25) is 4.96 Å². The van der Waals surface area contributed by atoms with Gasteiger partial charge in [0, 0.05) is 17.9 Å². The van der Waals surface area contributed by atoms with Crippen molar-refractivity contribution in [1.29, 1.82) is 0 Å². The Morgan fingerprint density at radius 3 is 2.68 bits per heavy atom. The highest BCUT2D eigenvalue weighted by molar-refractivity contribution is 7.16. The predicted octanol–water partition coefficient (Wildman–Crippen LogP) is 2.50. The highest BCUT2D eigenvalue weighted by Crippen LogP contribution is 2.23. The fraction of sp³-hybridized carbons (Fsp3) is 0.500. The first kappa shape index (κ1) is 12.3. The lowest BCUT2D eigenvalue weighted by Crippen LogP contribution is -2.00. The Balaban J connectivity index is 2.01. The van der Waals surface area contributed by atoms with Crippen LogP contribution >= 0.6 is 11.3 Å². The van der Waals surface area contributed by atoms with Gasteiger partial charge in [0.15, 0.2) is 5.82 Å². The molecule has 3 heterocycles. The van der Waals surface area contributed by atoms with E-state index in [1.807, 2.05) is 18.4 Å². The van der Waals surface area contributed by atoms with Crippen LogP contribution in [-0.4, -0.2) is 25.0 Å². The third kappa shape index (κ3) is 2.03. The maximum absolute atomic E-state index is 5.17. The molecule has 0 saturated heterocycles. The van der Waals surface area contributed by atoms with E-state index in [2.05, 4.69) is 34.3 Å². The smallest absolute Gasteiger partial charge is 0.234 e. The maximum atomic E-state index is 5.17. The Labute approximate surface area is 114 Å². The van der Waals surface area contributed by atoms with E-state index < -0.39 is 0 Å². The van der Waals surface area contributed by atoms with Gasteiger partial charge < -0.3 is 4.52 Å². The topological polar surface area (TPSA) is 69.1 Å². The minimum atomic E-state index is 0.401. The van der Waals surface area contributed by atoms with Gasteiger partial charge in [0.05, 0.1) is 5.69 Å². The molecule has 0 amide bonds. The molecule has 0 radical (unpaired) electrons. The molecular weight excluding hydrogens is 262 g/mol. The third-order valence-corrected chi connectivity index (χ3v) is 4.28. The standard InChI is InChI=1S/C12H15N5OS/c1-6(2)11-15-17-10(13-14-12(17)19-11)5-9-7(3)16-18-8(9)4/h6H,5H2,1-4H3. The molecule has 0 saturated carbocycles. The van der Waals surface area contributed by atoms with Crippen LogP contribution in [-0.2, 0) is 6.42 Å². The molecule has 0 atom stereocenters. The molecule has 7 heteroatoms. The van der Waals surface area contributed by atoms with E-state index in [0.717, 1.165) is 32.8 Å². The average molecular weight is 277 g/mol. The van der Waals surface area contributed by atoms with Crippen LogP contribution < -0.4 is 0 Å². The van der Waals surface area contributed by atoms with E-state index in [-0.39, 0.29) is 0 Å². The molecular formula is C12H15N5OS. The van der Waals surface area contributed by atoms with Gasteiger partial charge in [-0.05, 0) is 13.8 Å². The fourth-order valence-electron chi connectivity index (χ4n) is 1.93. The molecule has 0 aromatic carbocycles. The molecule has 0 unspecified atom stereocenters. The molecule has 0 spiro atoms. The molecule has 0 aliphatic rings. The molecule has 19 heavy (non-hydrogen) atoms. The number of nitrogens with zero attached hydrogens (tertiary/aromatic N) is 5. The zero-order valence-electron chi connectivity index (χ0n) is 11.3. The monoisotopic (exact) mass is 277 g/mol. The lowest BCUT2D eigenvalue weighted by Gasteiger charge is -1.97. The molecule has 100 valence electrons. The van der Waals surface area contributed by atoms with Crippen molar-refractivity contribution in [2.24, 2.45) is 0 Å². The summed E-state index contributed by atoms with van der Waals surface area (Å²) in [7, 11) is 0. The van der Waals surface area contributed by atoms with Crippen LogP contribution in [0.4, 0.5) is 0 Å². The minimum absolute atomic E-state index is 0.401. The first-order valence-electron chi connectivity index (χ1n) is 6.19. The Bertz CT molecular complexity index is 704. The van der Waals surface area contributed by atoms with E-state index in [9.17, 15) is 0 Å². The number of rotatable bonds is 3. The van der Waals surface area contributed by atoms with Crippen molar-refractivity contribution in [1.82, 2.24) is 25.0 Å². The van der Waals surface area contributed by atoms with Gasteiger partial charge in [-0.1, -0.05) is 30.3 Å². The Kier molecular flexibility index (Phi) is 2.85. The molecule has 3 aromatic heterocycles. The summed E-state index contributed by atoms with van der Waals surface area (Å²) in [6, 6.07) is 0. The molecule has 3 aromatic rings. The molecule has 0 N–H and O–H groups in total. The highest BCUT2D eigenvalue weighted by Gasteiger charge is 2.17. The van der Waals surface area contributed by atoms with Crippen molar-refractivity contribution in [2.45, 2.75) is 40.0 Å². The van der Waals surface area contributed by atoms with Crippen molar-refractivity contribution in [2.75, 3.05) is 0 Å². The number of aryl methyl sites for hydroxylation is 2. The number of hydrogen-bond acceptors (Lipinski definition) is 6. The van der Waals surface area contributed by atoms with Gasteiger partial charge in [-0.2, -0.15) is 9.61 Å². The van der Waals surface area contributed by atoms with Crippen molar-refractivity contribution < 1.29 is 4.52 Å². The van der Waals surface area contributed by atoms with Gasteiger partial charge >= 0.3 is 0 Å². The van der Waals surface area contributed by atoms with Gasteiger partial charge in [-0.25, -0.2) is 0 Å². The largest absolute Gasteiger partial charge is 0.361 e. The number of hydrogen-bond donors (Lipinski definition) is 0. The summed E-state index contributed by atoms with van der Waals surface area (Å²) < 4.78 is 7.00. The van der Waals surface area contributed by atoms with Crippen molar-refractivity contribution >= 4 is 16.3 Å². The zero-order valence-corrected chi connectivity index (χ0v) is 12.2. The summed E-state index contributed by atoms with van der Waals surface area (Å²) in [5.74, 6) is 2.06. The quantitative estimate of drug-likeness (QED) is 0.735. The van der Waals surface area contributed by atoms with Gasteiger partial charge in [-0.3, -0.25) is 0 Å². The summed E-state index contributed by atoms with van der Waals surface area (Å²) in [6.45, 7) is 8.10. The minimum Gasteiger partial charge on any atom is -0.361 e. The van der Waals surface area contributed by atoms with Crippen LogP contribution in [0.5, 0.6) is 0 Å². The van der Waals surface area contributed by atoms with E-state index in [4.69, 9.17) is 4.52 Å². The summed E-state index contributed by atoms with van der Waals surface area (Å²) in [6.07, 6.45) is 0.642. The molecule has 0 bridgehead atoms. The Morgan fingerprint density at radius 1 is 1.26 bits per heavy atom. The Hall–Kier alpha value is -1.76. The first-order chi connectivity index (χ1) is 9.06. The summed E-state index contributed by atoms with van der Waals surface area (Å²) in [5.41, 5.74) is 1.96. The predicted molar refractivity (Wildman–Crippen MR) is 71.5 cm³/mol. The van der Waals surface area contributed by atoms with Crippen molar-refractivity contribution in [3.63, 3.8) is 0 Å². The summed E-state index contributed by atoms with van der Waals surface area (Å²) >= 11 is 1.59. The average Bonchev–Trinajstić information content (AvgIpc) is 3.00. The van der Waals surface area contributed by atoms with E-state index in [0.29, 0.717) is 12.3 Å². The fourth-order valence-corrected chi connectivity index (χ4v) is 2.79. The van der Waals surface area contributed by atoms with E-state index >= 15 is 0 Å². The van der Waals surface area contributed by atoms with E-state index in [1.165, 1.54) is 0 Å². The lowest BCUT2D eigenvalue weighted by atomic mass is 10.1. The summed E-state index contributed by atoms with van der Waals surface area (Å²) in [5, 5.41) is 18.0. The number of aromatic nitrogens is 5. The SMILES string of the molecule is Cc1noc(C)c1Cc1nnc2sc(C(C)C)nn12. The molecule has 6 nitrogen and oxygen atoms in total. The first-order valence-corrected chi connectivity index (χ1v) is 7.00. The molecule has 0 fully saturated rings. The van der Waals surface area contributed by atoms with Crippen molar-refractivity contribution in [3.8, 4) is 0 Å². The van der Waals surface area contributed by atoms with Gasteiger partial charge in [-0.15, -0.1) is 10.2 Å². The van der Waals surface area contributed by atoms with Crippen LogP contribution in [0.15, 0.2) is 4.52 Å². The second kappa shape index (κ2) is 4.41. The second-order valence-electron chi connectivity index (χ2n) is 4.89. The normalized spacial score (nSPS) is 11.8.